The van der Waals surface area contributed by atoms with Gasteiger partial charge in [-0.05, 0) is 48.7 Å². The van der Waals surface area contributed by atoms with Gasteiger partial charge in [-0.15, -0.1) is 0 Å². The van der Waals surface area contributed by atoms with Crippen LogP contribution in [0.25, 0.3) is 0 Å². The van der Waals surface area contributed by atoms with Gasteiger partial charge in [0, 0.05) is 18.1 Å². The molecule has 1 heterocycles. The number of nitrogens with zero attached hydrogens (tertiary/aromatic N) is 1. The standard InChI is InChI=1S/C18H22N2O3S/c1-4-17(14-5-7-16(8-6-14)24(3,22)23)20-18(21)12-15-11-13(2)9-10-19-15/h5-11,17H,4,12H2,1-3H3,(H,20,21)/t17-/m1/s1. The van der Waals surface area contributed by atoms with E-state index in [1.54, 1.807) is 30.5 Å². The molecule has 0 unspecified atom stereocenters. The maximum absolute atomic E-state index is 12.2. The predicted octanol–water partition coefficient (Wildman–Crippen LogP) is 2.60. The van der Waals surface area contributed by atoms with Gasteiger partial charge in [-0.2, -0.15) is 0 Å². The van der Waals surface area contributed by atoms with Crippen molar-refractivity contribution in [2.45, 2.75) is 37.6 Å². The van der Waals surface area contributed by atoms with Crippen LogP contribution in [0.3, 0.4) is 0 Å². The Balaban J connectivity index is 2.07. The van der Waals surface area contributed by atoms with E-state index in [9.17, 15) is 13.2 Å². The molecule has 0 saturated carbocycles. The molecule has 6 heteroatoms. The Bertz CT molecular complexity index is 814. The number of amides is 1. The van der Waals surface area contributed by atoms with Crippen LogP contribution in [-0.4, -0.2) is 25.6 Å². The second kappa shape index (κ2) is 7.57. The van der Waals surface area contributed by atoms with Crippen LogP contribution in [0.15, 0.2) is 47.5 Å². The Hall–Kier alpha value is -2.21. The van der Waals surface area contributed by atoms with Gasteiger partial charge < -0.3 is 5.32 Å². The molecule has 2 aromatic rings. The topological polar surface area (TPSA) is 76.1 Å². The van der Waals surface area contributed by atoms with Crippen molar-refractivity contribution < 1.29 is 13.2 Å². The van der Waals surface area contributed by atoms with Crippen LogP contribution in [0.5, 0.6) is 0 Å². The van der Waals surface area contributed by atoms with Gasteiger partial charge in [-0.3, -0.25) is 9.78 Å². The lowest BCUT2D eigenvalue weighted by Gasteiger charge is -2.18. The molecule has 0 aliphatic rings. The van der Waals surface area contributed by atoms with Gasteiger partial charge in [0.2, 0.25) is 5.91 Å². The Morgan fingerprint density at radius 2 is 1.88 bits per heavy atom. The van der Waals surface area contributed by atoms with Crippen molar-refractivity contribution in [1.29, 1.82) is 0 Å². The highest BCUT2D eigenvalue weighted by molar-refractivity contribution is 7.90. The summed E-state index contributed by atoms with van der Waals surface area (Å²) >= 11 is 0. The van der Waals surface area contributed by atoms with Crippen LogP contribution < -0.4 is 5.32 Å². The van der Waals surface area contributed by atoms with Crippen molar-refractivity contribution in [2.24, 2.45) is 0 Å². The average molecular weight is 346 g/mol. The fourth-order valence-electron chi connectivity index (χ4n) is 2.47. The minimum absolute atomic E-state index is 0.105. The number of carbonyl (C=O) groups excluding carboxylic acids is 1. The van der Waals surface area contributed by atoms with Crippen LogP contribution in [-0.2, 0) is 21.1 Å². The summed E-state index contributed by atoms with van der Waals surface area (Å²) in [5.74, 6) is -0.105. The summed E-state index contributed by atoms with van der Waals surface area (Å²) in [7, 11) is -3.22. The van der Waals surface area contributed by atoms with Crippen molar-refractivity contribution in [3.8, 4) is 0 Å². The summed E-state index contributed by atoms with van der Waals surface area (Å²) in [4.78, 5) is 16.7. The molecule has 24 heavy (non-hydrogen) atoms. The van der Waals surface area contributed by atoms with E-state index < -0.39 is 9.84 Å². The van der Waals surface area contributed by atoms with E-state index in [4.69, 9.17) is 0 Å². The number of carbonyl (C=O) groups is 1. The predicted molar refractivity (Wildman–Crippen MR) is 93.4 cm³/mol. The van der Waals surface area contributed by atoms with E-state index in [1.165, 1.54) is 6.26 Å². The molecule has 0 aliphatic heterocycles. The maximum atomic E-state index is 12.2. The molecule has 0 aliphatic carbocycles. The first-order valence-electron chi connectivity index (χ1n) is 7.80. The van der Waals surface area contributed by atoms with Crippen LogP contribution in [0, 0.1) is 6.92 Å². The number of aromatic nitrogens is 1. The lowest BCUT2D eigenvalue weighted by atomic mass is 10.0. The molecule has 5 nitrogen and oxygen atoms in total. The second-order valence-electron chi connectivity index (χ2n) is 5.87. The molecule has 0 fully saturated rings. The molecule has 1 N–H and O–H groups in total. The van der Waals surface area contributed by atoms with E-state index >= 15 is 0 Å². The number of hydrogen-bond acceptors (Lipinski definition) is 4. The summed E-state index contributed by atoms with van der Waals surface area (Å²) in [5.41, 5.74) is 2.68. The summed E-state index contributed by atoms with van der Waals surface area (Å²) in [6.45, 7) is 3.93. The number of aryl methyl sites for hydroxylation is 1. The zero-order valence-corrected chi connectivity index (χ0v) is 14.9. The van der Waals surface area contributed by atoms with Gasteiger partial charge in [-0.1, -0.05) is 19.1 Å². The lowest BCUT2D eigenvalue weighted by molar-refractivity contribution is -0.121. The fraction of sp³-hybridized carbons (Fsp3) is 0.333. The van der Waals surface area contributed by atoms with Crippen LogP contribution in [0.4, 0.5) is 0 Å². The Morgan fingerprint density at radius 1 is 1.21 bits per heavy atom. The van der Waals surface area contributed by atoms with Crippen molar-refractivity contribution in [1.82, 2.24) is 10.3 Å². The monoisotopic (exact) mass is 346 g/mol. The third-order valence-electron chi connectivity index (χ3n) is 3.77. The first-order valence-corrected chi connectivity index (χ1v) is 9.69. The first kappa shape index (κ1) is 18.1. The zero-order chi connectivity index (χ0) is 17.7. The molecule has 1 atom stereocenters. The number of benzene rings is 1. The molecular weight excluding hydrogens is 324 g/mol. The van der Waals surface area contributed by atoms with Crippen molar-refractivity contribution >= 4 is 15.7 Å². The summed E-state index contributed by atoms with van der Waals surface area (Å²) in [6.07, 6.45) is 3.81. The summed E-state index contributed by atoms with van der Waals surface area (Å²) < 4.78 is 23.0. The fourth-order valence-corrected chi connectivity index (χ4v) is 3.10. The van der Waals surface area contributed by atoms with Crippen molar-refractivity contribution in [3.63, 3.8) is 0 Å². The van der Waals surface area contributed by atoms with Gasteiger partial charge in [0.1, 0.15) is 0 Å². The highest BCUT2D eigenvalue weighted by Crippen LogP contribution is 2.19. The third-order valence-corrected chi connectivity index (χ3v) is 4.90. The summed E-state index contributed by atoms with van der Waals surface area (Å²) in [5, 5.41) is 2.98. The maximum Gasteiger partial charge on any atom is 0.226 e. The van der Waals surface area contributed by atoms with Gasteiger partial charge in [-0.25, -0.2) is 8.42 Å². The van der Waals surface area contributed by atoms with Gasteiger partial charge >= 0.3 is 0 Å². The highest BCUT2D eigenvalue weighted by Gasteiger charge is 2.15. The van der Waals surface area contributed by atoms with Gasteiger partial charge in [0.05, 0.1) is 17.4 Å². The van der Waals surface area contributed by atoms with Crippen LogP contribution in [0.1, 0.15) is 36.2 Å². The number of pyridine rings is 1. The minimum Gasteiger partial charge on any atom is -0.349 e. The van der Waals surface area contributed by atoms with E-state index in [0.717, 1.165) is 16.8 Å². The molecule has 0 saturated heterocycles. The number of rotatable bonds is 6. The molecule has 1 aromatic heterocycles. The Labute approximate surface area is 143 Å². The van der Waals surface area contributed by atoms with Crippen LogP contribution in [0.2, 0.25) is 0 Å². The lowest BCUT2D eigenvalue weighted by Crippen LogP contribution is -2.29. The first-order chi connectivity index (χ1) is 11.3. The Morgan fingerprint density at radius 3 is 2.42 bits per heavy atom. The highest BCUT2D eigenvalue weighted by atomic mass is 32.2. The largest absolute Gasteiger partial charge is 0.349 e. The molecule has 0 radical (unpaired) electrons. The number of hydrogen-bond donors (Lipinski definition) is 1. The molecule has 2 rings (SSSR count). The zero-order valence-electron chi connectivity index (χ0n) is 14.1. The van der Waals surface area contributed by atoms with E-state index in [2.05, 4.69) is 10.3 Å². The SMILES string of the molecule is CC[C@@H](NC(=O)Cc1cc(C)ccn1)c1ccc(S(C)(=O)=O)cc1. The van der Waals surface area contributed by atoms with Crippen LogP contribution >= 0.6 is 0 Å². The molecule has 0 spiro atoms. The summed E-state index contributed by atoms with van der Waals surface area (Å²) in [6, 6.07) is 10.3. The molecule has 1 amide bonds. The van der Waals surface area contributed by atoms with E-state index in [1.807, 2.05) is 26.0 Å². The van der Waals surface area contributed by atoms with Gasteiger partial charge in [0.15, 0.2) is 9.84 Å². The molecule has 0 bridgehead atoms. The van der Waals surface area contributed by atoms with Crippen molar-refractivity contribution in [2.75, 3.05) is 6.26 Å². The molecular formula is C18H22N2O3S. The van der Waals surface area contributed by atoms with E-state index in [0.29, 0.717) is 6.42 Å². The van der Waals surface area contributed by atoms with Crippen molar-refractivity contribution in [3.05, 3.63) is 59.4 Å². The van der Waals surface area contributed by atoms with E-state index in [-0.39, 0.29) is 23.3 Å². The van der Waals surface area contributed by atoms with Gasteiger partial charge in [0.25, 0.3) is 0 Å². The smallest absolute Gasteiger partial charge is 0.226 e. The quantitative estimate of drug-likeness (QED) is 0.872. The molecule has 1 aromatic carbocycles. The normalized spacial score (nSPS) is 12.6. The number of sulfone groups is 1. The average Bonchev–Trinajstić information content (AvgIpc) is 2.52. The molecule has 128 valence electrons. The minimum atomic E-state index is -3.22. The Kier molecular flexibility index (Phi) is 5.72. The third kappa shape index (κ3) is 4.89. The second-order valence-corrected chi connectivity index (χ2v) is 7.89. The number of nitrogens with one attached hydrogen (secondary N) is 1.